The lowest BCUT2D eigenvalue weighted by molar-refractivity contribution is -0.137. The van der Waals surface area contributed by atoms with E-state index in [4.69, 9.17) is 0 Å². The average molecular weight is 271 g/mol. The minimum absolute atomic E-state index is 0.212. The largest absolute Gasteiger partial charge is 0.416 e. The second-order valence-corrected chi connectivity index (χ2v) is 5.62. The Labute approximate surface area is 109 Å². The molecule has 1 saturated carbocycles. The van der Waals surface area contributed by atoms with E-state index in [1.165, 1.54) is 12.1 Å². The van der Waals surface area contributed by atoms with Gasteiger partial charge in [-0.3, -0.25) is 4.90 Å². The molecule has 2 fully saturated rings. The first-order chi connectivity index (χ1) is 8.93. The molecule has 1 aliphatic carbocycles. The summed E-state index contributed by atoms with van der Waals surface area (Å²) < 4.78 is 37.9. The zero-order valence-electron chi connectivity index (χ0n) is 10.4. The highest BCUT2D eigenvalue weighted by molar-refractivity contribution is 5.25. The van der Waals surface area contributed by atoms with Gasteiger partial charge in [-0.05, 0) is 24.0 Å². The number of alkyl halides is 3. The van der Waals surface area contributed by atoms with Gasteiger partial charge < -0.3 is 5.11 Å². The van der Waals surface area contributed by atoms with E-state index in [1.54, 1.807) is 6.07 Å². The predicted octanol–water partition coefficient (Wildman–Crippen LogP) is 2.52. The van der Waals surface area contributed by atoms with E-state index in [0.717, 1.165) is 25.6 Å². The van der Waals surface area contributed by atoms with Crippen LogP contribution in [0, 0.1) is 11.8 Å². The summed E-state index contributed by atoms with van der Waals surface area (Å²) in [5.74, 6) is 0.853. The molecule has 0 amide bonds. The van der Waals surface area contributed by atoms with E-state index in [1.807, 2.05) is 0 Å². The van der Waals surface area contributed by atoms with Crippen molar-refractivity contribution in [1.29, 1.82) is 0 Å². The summed E-state index contributed by atoms with van der Waals surface area (Å²) in [5.41, 5.74) is 0.0952. The fourth-order valence-electron chi connectivity index (χ4n) is 3.20. The van der Waals surface area contributed by atoms with E-state index in [9.17, 15) is 18.3 Å². The molecule has 2 nitrogen and oxygen atoms in total. The van der Waals surface area contributed by atoms with Crippen LogP contribution in [-0.4, -0.2) is 29.2 Å². The van der Waals surface area contributed by atoms with Gasteiger partial charge in [-0.25, -0.2) is 0 Å². The number of likely N-dealkylation sites (tertiary alicyclic amines) is 1. The molecule has 104 valence electrons. The van der Waals surface area contributed by atoms with Crippen molar-refractivity contribution in [3.63, 3.8) is 0 Å². The lowest BCUT2D eigenvalue weighted by atomic mass is 9.74. The standard InChI is InChI=1S/C14H16F3NO/c15-14(16,17)11-3-1-2-9(4-11)6-18-7-10-5-13(19)12(10)8-18/h1-4,10,12-13,19H,5-8H2/t10-,12+,13-/m1/s1. The Morgan fingerprint density at radius 1 is 1.26 bits per heavy atom. The highest BCUT2D eigenvalue weighted by Gasteiger charge is 2.45. The van der Waals surface area contributed by atoms with Crippen LogP contribution in [0.1, 0.15) is 17.5 Å². The van der Waals surface area contributed by atoms with Crippen LogP contribution < -0.4 is 0 Å². The van der Waals surface area contributed by atoms with Crippen molar-refractivity contribution in [2.24, 2.45) is 11.8 Å². The summed E-state index contributed by atoms with van der Waals surface area (Å²) >= 11 is 0. The first-order valence-corrected chi connectivity index (χ1v) is 6.50. The molecule has 19 heavy (non-hydrogen) atoms. The Kier molecular flexibility index (Phi) is 3.06. The summed E-state index contributed by atoms with van der Waals surface area (Å²) in [6, 6.07) is 5.50. The zero-order valence-corrected chi connectivity index (χ0v) is 10.4. The van der Waals surface area contributed by atoms with Crippen molar-refractivity contribution < 1.29 is 18.3 Å². The molecular weight excluding hydrogens is 255 g/mol. The molecule has 1 aliphatic heterocycles. The van der Waals surface area contributed by atoms with Gasteiger partial charge in [-0.15, -0.1) is 0 Å². The number of hydrogen-bond donors (Lipinski definition) is 1. The molecule has 1 saturated heterocycles. The SMILES string of the molecule is O[C@@H]1C[C@@H]2CN(Cc3cccc(C(F)(F)F)c3)C[C@@H]21. The van der Waals surface area contributed by atoms with Gasteiger partial charge in [-0.1, -0.05) is 18.2 Å². The van der Waals surface area contributed by atoms with Crippen LogP contribution in [0.3, 0.4) is 0 Å². The third kappa shape index (κ3) is 2.49. The lowest BCUT2D eigenvalue weighted by Gasteiger charge is -2.35. The molecule has 5 heteroatoms. The normalized spacial score (nSPS) is 31.1. The number of fused-ring (bicyclic) bond motifs is 1. The Hall–Kier alpha value is -1.07. The maximum absolute atomic E-state index is 12.6. The Balaban J connectivity index is 1.67. The van der Waals surface area contributed by atoms with Gasteiger partial charge in [0.1, 0.15) is 0 Å². The fourth-order valence-corrected chi connectivity index (χ4v) is 3.20. The molecule has 1 heterocycles. The van der Waals surface area contributed by atoms with Gasteiger partial charge in [0, 0.05) is 25.6 Å². The molecule has 0 unspecified atom stereocenters. The molecule has 1 aromatic carbocycles. The van der Waals surface area contributed by atoms with Crippen LogP contribution in [0.5, 0.6) is 0 Å². The predicted molar refractivity (Wildman–Crippen MR) is 64.3 cm³/mol. The number of halogens is 3. The molecular formula is C14H16F3NO. The summed E-state index contributed by atoms with van der Waals surface area (Å²) in [7, 11) is 0. The molecule has 0 radical (unpaired) electrons. The van der Waals surface area contributed by atoms with Crippen LogP contribution in [0.2, 0.25) is 0 Å². The van der Waals surface area contributed by atoms with E-state index >= 15 is 0 Å². The van der Waals surface area contributed by atoms with E-state index in [2.05, 4.69) is 4.90 Å². The first-order valence-electron chi connectivity index (χ1n) is 6.50. The Bertz CT molecular complexity index is 474. The number of hydrogen-bond acceptors (Lipinski definition) is 2. The van der Waals surface area contributed by atoms with E-state index in [-0.39, 0.29) is 6.10 Å². The molecule has 0 spiro atoms. The summed E-state index contributed by atoms with van der Waals surface area (Å²) in [5, 5.41) is 9.58. The second kappa shape index (κ2) is 4.49. The number of aliphatic hydroxyl groups is 1. The minimum Gasteiger partial charge on any atom is -0.393 e. The highest BCUT2D eigenvalue weighted by atomic mass is 19.4. The smallest absolute Gasteiger partial charge is 0.393 e. The van der Waals surface area contributed by atoms with Crippen molar-refractivity contribution in [3.8, 4) is 0 Å². The Morgan fingerprint density at radius 2 is 2.05 bits per heavy atom. The number of rotatable bonds is 2. The zero-order chi connectivity index (χ0) is 13.6. The lowest BCUT2D eigenvalue weighted by Crippen LogP contribution is -2.39. The summed E-state index contributed by atoms with van der Waals surface area (Å²) in [6.07, 6.45) is -3.66. The summed E-state index contributed by atoms with van der Waals surface area (Å²) in [6.45, 7) is 2.21. The third-order valence-electron chi connectivity index (χ3n) is 4.27. The van der Waals surface area contributed by atoms with Gasteiger partial charge in [0.05, 0.1) is 11.7 Å². The maximum atomic E-state index is 12.6. The van der Waals surface area contributed by atoms with Crippen LogP contribution in [0.4, 0.5) is 13.2 Å². The van der Waals surface area contributed by atoms with E-state index in [0.29, 0.717) is 23.9 Å². The molecule has 1 N–H and O–H groups in total. The fraction of sp³-hybridized carbons (Fsp3) is 0.571. The van der Waals surface area contributed by atoms with Crippen LogP contribution in [0.25, 0.3) is 0 Å². The van der Waals surface area contributed by atoms with E-state index < -0.39 is 11.7 Å². The molecule has 3 rings (SSSR count). The quantitative estimate of drug-likeness (QED) is 0.893. The van der Waals surface area contributed by atoms with Crippen molar-refractivity contribution >= 4 is 0 Å². The van der Waals surface area contributed by atoms with Gasteiger partial charge in [-0.2, -0.15) is 13.2 Å². The van der Waals surface area contributed by atoms with Crippen molar-refractivity contribution in [1.82, 2.24) is 4.90 Å². The summed E-state index contributed by atoms with van der Waals surface area (Å²) in [4.78, 5) is 2.14. The van der Waals surface area contributed by atoms with Gasteiger partial charge >= 0.3 is 6.18 Å². The molecule has 3 atom stereocenters. The number of benzene rings is 1. The second-order valence-electron chi connectivity index (χ2n) is 5.62. The maximum Gasteiger partial charge on any atom is 0.416 e. The van der Waals surface area contributed by atoms with Gasteiger partial charge in [0.2, 0.25) is 0 Å². The first kappa shape index (κ1) is 12.9. The average Bonchev–Trinajstić information content (AvgIpc) is 2.65. The van der Waals surface area contributed by atoms with Crippen molar-refractivity contribution in [3.05, 3.63) is 35.4 Å². The monoisotopic (exact) mass is 271 g/mol. The topological polar surface area (TPSA) is 23.5 Å². The minimum atomic E-state index is -4.28. The Morgan fingerprint density at radius 3 is 2.68 bits per heavy atom. The van der Waals surface area contributed by atoms with Gasteiger partial charge in [0.15, 0.2) is 0 Å². The van der Waals surface area contributed by atoms with Crippen LogP contribution in [0.15, 0.2) is 24.3 Å². The molecule has 1 aromatic rings. The van der Waals surface area contributed by atoms with Crippen molar-refractivity contribution in [2.45, 2.75) is 25.2 Å². The number of aliphatic hydroxyl groups excluding tert-OH is 1. The highest BCUT2D eigenvalue weighted by Crippen LogP contribution is 2.41. The van der Waals surface area contributed by atoms with Crippen molar-refractivity contribution in [2.75, 3.05) is 13.1 Å². The third-order valence-corrected chi connectivity index (χ3v) is 4.27. The van der Waals surface area contributed by atoms with Gasteiger partial charge in [0.25, 0.3) is 0 Å². The van der Waals surface area contributed by atoms with Crippen LogP contribution >= 0.6 is 0 Å². The number of nitrogens with zero attached hydrogens (tertiary/aromatic N) is 1. The molecule has 0 aromatic heterocycles. The molecule has 2 aliphatic rings. The van der Waals surface area contributed by atoms with Crippen LogP contribution in [-0.2, 0) is 12.7 Å². The molecule has 0 bridgehead atoms.